The first-order chi connectivity index (χ1) is 9.47. The summed E-state index contributed by atoms with van der Waals surface area (Å²) in [6.07, 6.45) is -2.33. The molecular formula is C14H13F3N2O. The van der Waals surface area contributed by atoms with Crippen molar-refractivity contribution in [2.45, 2.75) is 31.7 Å². The largest absolute Gasteiger partial charge is 0.417 e. The van der Waals surface area contributed by atoms with E-state index in [4.69, 9.17) is 0 Å². The quantitative estimate of drug-likeness (QED) is 0.873. The lowest BCUT2D eigenvalue weighted by Crippen LogP contribution is -2.23. The van der Waals surface area contributed by atoms with E-state index in [-0.39, 0.29) is 5.56 Å². The molecule has 0 fully saturated rings. The van der Waals surface area contributed by atoms with Gasteiger partial charge in [-0.3, -0.25) is 0 Å². The van der Waals surface area contributed by atoms with Crippen LogP contribution in [0.3, 0.4) is 0 Å². The molecule has 1 N–H and O–H groups in total. The molecule has 1 unspecified atom stereocenters. The van der Waals surface area contributed by atoms with Crippen molar-refractivity contribution in [1.82, 2.24) is 9.55 Å². The SMILES string of the molecule is OC1CCn2c(cnc2-c2ccccc2C(F)(F)F)C1. The van der Waals surface area contributed by atoms with Crippen LogP contribution in [0.5, 0.6) is 0 Å². The monoisotopic (exact) mass is 282 g/mol. The Labute approximate surface area is 113 Å². The number of benzene rings is 1. The Bertz CT molecular complexity index is 634. The maximum atomic E-state index is 13.1. The maximum absolute atomic E-state index is 13.1. The maximum Gasteiger partial charge on any atom is 0.417 e. The minimum absolute atomic E-state index is 0.0858. The zero-order valence-corrected chi connectivity index (χ0v) is 10.6. The van der Waals surface area contributed by atoms with Crippen LogP contribution < -0.4 is 0 Å². The predicted molar refractivity (Wildman–Crippen MR) is 67.0 cm³/mol. The number of halogens is 3. The normalized spacial score (nSPS) is 18.9. The molecule has 2 heterocycles. The lowest BCUT2D eigenvalue weighted by Gasteiger charge is -2.22. The molecule has 3 nitrogen and oxygen atoms in total. The van der Waals surface area contributed by atoms with E-state index in [9.17, 15) is 18.3 Å². The van der Waals surface area contributed by atoms with Gasteiger partial charge in [-0.25, -0.2) is 4.98 Å². The van der Waals surface area contributed by atoms with Crippen molar-refractivity contribution in [3.05, 3.63) is 41.7 Å². The summed E-state index contributed by atoms with van der Waals surface area (Å²) >= 11 is 0. The zero-order valence-electron chi connectivity index (χ0n) is 10.6. The molecule has 0 radical (unpaired) electrons. The van der Waals surface area contributed by atoms with Gasteiger partial charge in [-0.2, -0.15) is 13.2 Å². The van der Waals surface area contributed by atoms with Gasteiger partial charge in [0.05, 0.1) is 11.7 Å². The first-order valence-electron chi connectivity index (χ1n) is 6.36. The number of fused-ring (bicyclic) bond motifs is 1. The number of aliphatic hydroxyl groups excluding tert-OH is 1. The van der Waals surface area contributed by atoms with Crippen LogP contribution in [-0.2, 0) is 19.1 Å². The van der Waals surface area contributed by atoms with E-state index >= 15 is 0 Å². The van der Waals surface area contributed by atoms with Crippen LogP contribution in [0.2, 0.25) is 0 Å². The molecule has 1 atom stereocenters. The van der Waals surface area contributed by atoms with Crippen molar-refractivity contribution in [2.75, 3.05) is 0 Å². The van der Waals surface area contributed by atoms with E-state index < -0.39 is 17.8 Å². The molecular weight excluding hydrogens is 269 g/mol. The van der Waals surface area contributed by atoms with Crippen LogP contribution in [-0.4, -0.2) is 20.8 Å². The summed E-state index contributed by atoms with van der Waals surface area (Å²) in [7, 11) is 0. The molecule has 0 aliphatic carbocycles. The Balaban J connectivity index is 2.12. The number of rotatable bonds is 1. The highest BCUT2D eigenvalue weighted by Gasteiger charge is 2.35. The Morgan fingerprint density at radius 2 is 2.00 bits per heavy atom. The Morgan fingerprint density at radius 1 is 1.25 bits per heavy atom. The van der Waals surface area contributed by atoms with Crippen LogP contribution in [0.25, 0.3) is 11.4 Å². The topological polar surface area (TPSA) is 38.0 Å². The fraction of sp³-hybridized carbons (Fsp3) is 0.357. The highest BCUT2D eigenvalue weighted by atomic mass is 19.4. The zero-order chi connectivity index (χ0) is 14.3. The fourth-order valence-electron chi connectivity index (χ4n) is 2.59. The molecule has 0 saturated carbocycles. The van der Waals surface area contributed by atoms with Crippen LogP contribution in [0.1, 0.15) is 17.7 Å². The van der Waals surface area contributed by atoms with Gasteiger partial charge < -0.3 is 9.67 Å². The number of nitrogens with zero attached hydrogens (tertiary/aromatic N) is 2. The van der Waals surface area contributed by atoms with Gasteiger partial charge in [0.15, 0.2) is 0 Å². The Hall–Kier alpha value is -1.82. The standard InChI is InChI=1S/C14H13F3N2O/c15-14(16,17)12-4-2-1-3-11(12)13-18-8-9-7-10(20)5-6-19(9)13/h1-4,8,10,20H,5-7H2. The number of aromatic nitrogens is 2. The van der Waals surface area contributed by atoms with Crippen molar-refractivity contribution in [1.29, 1.82) is 0 Å². The van der Waals surface area contributed by atoms with Gasteiger partial charge in [0.1, 0.15) is 5.82 Å². The average Bonchev–Trinajstić information content (AvgIpc) is 2.80. The molecule has 6 heteroatoms. The van der Waals surface area contributed by atoms with Crippen molar-refractivity contribution >= 4 is 0 Å². The molecule has 1 aromatic carbocycles. The second kappa shape index (κ2) is 4.63. The Kier molecular flexibility index (Phi) is 3.05. The second-order valence-corrected chi connectivity index (χ2v) is 4.91. The number of hydrogen-bond donors (Lipinski definition) is 1. The lowest BCUT2D eigenvalue weighted by atomic mass is 10.0. The van der Waals surface area contributed by atoms with Crippen molar-refractivity contribution in [3.63, 3.8) is 0 Å². The average molecular weight is 282 g/mol. The molecule has 2 aromatic rings. The smallest absolute Gasteiger partial charge is 0.393 e. The number of imidazole rings is 1. The summed E-state index contributed by atoms with van der Waals surface area (Å²) in [4.78, 5) is 4.13. The van der Waals surface area contributed by atoms with E-state index in [0.717, 1.165) is 11.8 Å². The molecule has 0 spiro atoms. The summed E-state index contributed by atoms with van der Waals surface area (Å²) in [5, 5.41) is 9.60. The van der Waals surface area contributed by atoms with E-state index in [1.54, 1.807) is 16.8 Å². The number of aliphatic hydroxyl groups is 1. The third-order valence-electron chi connectivity index (χ3n) is 3.54. The summed E-state index contributed by atoms with van der Waals surface area (Å²) < 4.78 is 40.9. The third-order valence-corrected chi connectivity index (χ3v) is 3.54. The van der Waals surface area contributed by atoms with Gasteiger partial charge in [0.2, 0.25) is 0 Å². The second-order valence-electron chi connectivity index (χ2n) is 4.91. The first kappa shape index (κ1) is 13.2. The molecule has 1 aliphatic rings. The number of alkyl halides is 3. The van der Waals surface area contributed by atoms with Gasteiger partial charge in [-0.1, -0.05) is 18.2 Å². The van der Waals surface area contributed by atoms with Gasteiger partial charge in [0.25, 0.3) is 0 Å². The minimum atomic E-state index is -4.41. The van der Waals surface area contributed by atoms with Crippen molar-refractivity contribution in [3.8, 4) is 11.4 Å². The van der Waals surface area contributed by atoms with Crippen LogP contribution in [0.15, 0.2) is 30.5 Å². The van der Waals surface area contributed by atoms with Crippen LogP contribution in [0, 0.1) is 0 Å². The van der Waals surface area contributed by atoms with E-state index in [2.05, 4.69) is 4.98 Å². The molecule has 0 bridgehead atoms. The molecule has 3 rings (SSSR count). The summed E-state index contributed by atoms with van der Waals surface area (Å²) in [5.74, 6) is 0.319. The summed E-state index contributed by atoms with van der Waals surface area (Å²) in [6, 6.07) is 5.44. The molecule has 0 saturated heterocycles. The lowest BCUT2D eigenvalue weighted by molar-refractivity contribution is -0.137. The molecule has 0 amide bonds. The Morgan fingerprint density at radius 3 is 2.75 bits per heavy atom. The van der Waals surface area contributed by atoms with Crippen LogP contribution >= 0.6 is 0 Å². The minimum Gasteiger partial charge on any atom is -0.393 e. The molecule has 20 heavy (non-hydrogen) atoms. The highest BCUT2D eigenvalue weighted by Crippen LogP contribution is 2.37. The summed E-state index contributed by atoms with van der Waals surface area (Å²) in [6.45, 7) is 0.484. The third kappa shape index (κ3) is 2.20. The molecule has 106 valence electrons. The molecule has 1 aromatic heterocycles. The van der Waals surface area contributed by atoms with Crippen molar-refractivity contribution in [2.24, 2.45) is 0 Å². The van der Waals surface area contributed by atoms with Crippen molar-refractivity contribution < 1.29 is 18.3 Å². The van der Waals surface area contributed by atoms with Gasteiger partial charge >= 0.3 is 6.18 Å². The predicted octanol–water partition coefficient (Wildman–Crippen LogP) is 2.88. The van der Waals surface area contributed by atoms with Gasteiger partial charge in [-0.15, -0.1) is 0 Å². The highest BCUT2D eigenvalue weighted by molar-refractivity contribution is 5.62. The van der Waals surface area contributed by atoms with E-state index in [1.807, 2.05) is 0 Å². The van der Waals surface area contributed by atoms with Gasteiger partial charge in [-0.05, 0) is 12.5 Å². The van der Waals surface area contributed by atoms with E-state index in [1.165, 1.54) is 12.1 Å². The molecule has 1 aliphatic heterocycles. The first-order valence-corrected chi connectivity index (χ1v) is 6.36. The van der Waals surface area contributed by atoms with Crippen LogP contribution in [0.4, 0.5) is 13.2 Å². The van der Waals surface area contributed by atoms with Gasteiger partial charge in [0, 0.05) is 30.4 Å². The fourth-order valence-corrected chi connectivity index (χ4v) is 2.59. The van der Waals surface area contributed by atoms with E-state index in [0.29, 0.717) is 25.2 Å². The summed E-state index contributed by atoms with van der Waals surface area (Å²) in [5.41, 5.74) is 0.179. The number of hydrogen-bond acceptors (Lipinski definition) is 2.